The van der Waals surface area contributed by atoms with Gasteiger partial charge in [0.15, 0.2) is 0 Å². The average Bonchev–Trinajstić information content (AvgIpc) is 2.88. The molecule has 3 aromatic rings. The first kappa shape index (κ1) is 15.9. The number of thioether (sulfide) groups is 1. The summed E-state index contributed by atoms with van der Waals surface area (Å²) in [5, 5.41) is 4.82. The summed E-state index contributed by atoms with van der Waals surface area (Å²) in [5.41, 5.74) is 1.07. The van der Waals surface area contributed by atoms with Crippen LogP contribution < -0.4 is 5.32 Å². The van der Waals surface area contributed by atoms with Crippen molar-refractivity contribution in [3.8, 4) is 0 Å². The maximum atomic E-state index is 12.0. The first-order valence-corrected chi connectivity index (χ1v) is 8.98. The first-order valence-electron chi connectivity index (χ1n) is 7.18. The summed E-state index contributed by atoms with van der Waals surface area (Å²) < 4.78 is 0. The molecule has 0 fully saturated rings. The van der Waals surface area contributed by atoms with E-state index < -0.39 is 0 Å². The molecule has 7 heteroatoms. The van der Waals surface area contributed by atoms with Crippen molar-refractivity contribution < 1.29 is 4.79 Å². The van der Waals surface area contributed by atoms with Crippen molar-refractivity contribution in [3.05, 3.63) is 41.2 Å². The lowest BCUT2D eigenvalue weighted by atomic mass is 10.3. The number of aromatic nitrogens is 3. The summed E-state index contributed by atoms with van der Waals surface area (Å²) in [7, 11) is 0. The Hall–Kier alpha value is -1.99. The van der Waals surface area contributed by atoms with Crippen LogP contribution in [0.25, 0.3) is 10.2 Å². The number of hydrogen-bond donors (Lipinski definition) is 1. The second-order valence-corrected chi connectivity index (χ2v) is 7.44. The number of carbonyl (C=O) groups excluding carboxylic acids is 1. The van der Waals surface area contributed by atoms with Crippen LogP contribution in [0.1, 0.15) is 16.9 Å². The van der Waals surface area contributed by atoms with Crippen LogP contribution in [0.4, 0.5) is 5.82 Å². The van der Waals surface area contributed by atoms with Gasteiger partial charge in [0.1, 0.15) is 22.0 Å². The second kappa shape index (κ2) is 7.06. The Labute approximate surface area is 142 Å². The largest absolute Gasteiger partial charge is 0.311 e. The Morgan fingerprint density at radius 1 is 1.26 bits per heavy atom. The van der Waals surface area contributed by atoms with E-state index in [-0.39, 0.29) is 5.91 Å². The number of pyridine rings is 1. The number of anilines is 1. The molecule has 0 aliphatic rings. The summed E-state index contributed by atoms with van der Waals surface area (Å²) in [4.78, 5) is 26.9. The van der Waals surface area contributed by atoms with Crippen LogP contribution in [0.3, 0.4) is 0 Å². The third kappa shape index (κ3) is 4.05. The lowest BCUT2D eigenvalue weighted by Crippen LogP contribution is -2.13. The van der Waals surface area contributed by atoms with Crippen molar-refractivity contribution in [2.24, 2.45) is 0 Å². The standard InChI is InChI=1S/C16H16N4OS2/c1-10-3-5-17-13(7-10)20-14(21)4-6-22-15-12-8-11(2)23-16(12)19-9-18-15/h3,5,7-9H,4,6H2,1-2H3,(H,17,20,21). The van der Waals surface area contributed by atoms with Gasteiger partial charge in [-0.3, -0.25) is 4.79 Å². The molecular formula is C16H16N4OS2. The van der Waals surface area contributed by atoms with Crippen LogP contribution in [0.15, 0.2) is 35.7 Å². The van der Waals surface area contributed by atoms with Crippen LogP contribution in [0.5, 0.6) is 0 Å². The van der Waals surface area contributed by atoms with Crippen LogP contribution in [0.2, 0.25) is 0 Å². The zero-order valence-electron chi connectivity index (χ0n) is 12.9. The van der Waals surface area contributed by atoms with E-state index in [1.54, 1.807) is 35.6 Å². The SMILES string of the molecule is Cc1ccnc(NC(=O)CCSc2ncnc3sc(C)cc23)c1. The molecule has 0 aromatic carbocycles. The van der Waals surface area contributed by atoms with Crippen molar-refractivity contribution in [2.45, 2.75) is 25.3 Å². The Bertz CT molecular complexity index is 847. The van der Waals surface area contributed by atoms with Crippen LogP contribution in [0, 0.1) is 13.8 Å². The highest BCUT2D eigenvalue weighted by Gasteiger charge is 2.09. The fourth-order valence-corrected chi connectivity index (χ4v) is 3.94. The zero-order valence-corrected chi connectivity index (χ0v) is 14.5. The zero-order chi connectivity index (χ0) is 16.2. The molecule has 0 saturated heterocycles. The Morgan fingerprint density at radius 2 is 2.13 bits per heavy atom. The monoisotopic (exact) mass is 344 g/mol. The summed E-state index contributed by atoms with van der Waals surface area (Å²) in [5.74, 6) is 1.22. The molecule has 0 spiro atoms. The van der Waals surface area contributed by atoms with Crippen LogP contribution in [-0.4, -0.2) is 26.6 Å². The third-order valence-corrected chi connectivity index (χ3v) is 5.13. The van der Waals surface area contributed by atoms with E-state index in [9.17, 15) is 4.79 Å². The lowest BCUT2D eigenvalue weighted by molar-refractivity contribution is -0.115. The van der Waals surface area contributed by atoms with E-state index in [0.717, 1.165) is 20.8 Å². The maximum Gasteiger partial charge on any atom is 0.226 e. The molecule has 0 saturated carbocycles. The molecule has 0 radical (unpaired) electrons. The van der Waals surface area contributed by atoms with Gasteiger partial charge >= 0.3 is 0 Å². The first-order chi connectivity index (χ1) is 11.1. The van der Waals surface area contributed by atoms with E-state index in [4.69, 9.17) is 0 Å². The van der Waals surface area contributed by atoms with Gasteiger partial charge in [-0.05, 0) is 37.6 Å². The number of carbonyl (C=O) groups is 1. The second-order valence-electron chi connectivity index (χ2n) is 5.12. The molecule has 0 bridgehead atoms. The van der Waals surface area contributed by atoms with E-state index in [2.05, 4.69) is 33.3 Å². The summed E-state index contributed by atoms with van der Waals surface area (Å²) >= 11 is 3.24. The highest BCUT2D eigenvalue weighted by atomic mass is 32.2. The van der Waals surface area contributed by atoms with Gasteiger partial charge in [0, 0.05) is 28.6 Å². The molecule has 3 heterocycles. The van der Waals surface area contributed by atoms with Crippen molar-refractivity contribution in [3.63, 3.8) is 0 Å². The molecule has 0 atom stereocenters. The van der Waals surface area contributed by atoms with Crippen LogP contribution in [-0.2, 0) is 4.79 Å². The topological polar surface area (TPSA) is 67.8 Å². The molecule has 1 N–H and O–H groups in total. The molecular weight excluding hydrogens is 328 g/mol. The van der Waals surface area contributed by atoms with Gasteiger partial charge in [-0.2, -0.15) is 0 Å². The predicted molar refractivity (Wildman–Crippen MR) is 95.1 cm³/mol. The highest BCUT2D eigenvalue weighted by molar-refractivity contribution is 7.99. The number of thiophene rings is 1. The Balaban J connectivity index is 1.57. The highest BCUT2D eigenvalue weighted by Crippen LogP contribution is 2.30. The maximum absolute atomic E-state index is 12.0. The van der Waals surface area contributed by atoms with Gasteiger partial charge in [-0.15, -0.1) is 23.1 Å². The normalized spacial score (nSPS) is 10.9. The number of amides is 1. The number of nitrogens with one attached hydrogen (secondary N) is 1. The fraction of sp³-hybridized carbons (Fsp3) is 0.250. The molecule has 0 unspecified atom stereocenters. The van der Waals surface area contributed by atoms with E-state index in [0.29, 0.717) is 18.0 Å². The molecule has 5 nitrogen and oxygen atoms in total. The van der Waals surface area contributed by atoms with Gasteiger partial charge in [0.25, 0.3) is 0 Å². The van der Waals surface area contributed by atoms with Crippen molar-refractivity contribution in [1.82, 2.24) is 15.0 Å². The smallest absolute Gasteiger partial charge is 0.226 e. The minimum atomic E-state index is -0.0394. The molecule has 23 heavy (non-hydrogen) atoms. The van der Waals surface area contributed by atoms with Crippen molar-refractivity contribution >= 4 is 45.0 Å². The van der Waals surface area contributed by atoms with Gasteiger partial charge in [0.2, 0.25) is 5.91 Å². The fourth-order valence-electron chi connectivity index (χ4n) is 2.12. The van der Waals surface area contributed by atoms with Crippen LogP contribution >= 0.6 is 23.1 Å². The number of aryl methyl sites for hydroxylation is 2. The van der Waals surface area contributed by atoms with Gasteiger partial charge in [0.05, 0.1) is 0 Å². The molecule has 0 aliphatic carbocycles. The van der Waals surface area contributed by atoms with Gasteiger partial charge < -0.3 is 5.32 Å². The summed E-state index contributed by atoms with van der Waals surface area (Å²) in [6, 6.07) is 5.85. The molecule has 1 amide bonds. The number of rotatable bonds is 5. The van der Waals surface area contributed by atoms with Gasteiger partial charge in [-0.25, -0.2) is 15.0 Å². The van der Waals surface area contributed by atoms with E-state index in [1.165, 1.54) is 4.88 Å². The average molecular weight is 344 g/mol. The summed E-state index contributed by atoms with van der Waals surface area (Å²) in [6.45, 7) is 4.03. The number of nitrogens with zero attached hydrogens (tertiary/aromatic N) is 3. The molecule has 3 rings (SSSR count). The Kier molecular flexibility index (Phi) is 4.88. The van der Waals surface area contributed by atoms with E-state index in [1.807, 2.05) is 19.1 Å². The van der Waals surface area contributed by atoms with Gasteiger partial charge in [-0.1, -0.05) is 0 Å². The van der Waals surface area contributed by atoms with Crippen molar-refractivity contribution in [1.29, 1.82) is 0 Å². The molecule has 0 aliphatic heterocycles. The quantitative estimate of drug-likeness (QED) is 0.563. The number of fused-ring (bicyclic) bond motifs is 1. The van der Waals surface area contributed by atoms with E-state index >= 15 is 0 Å². The molecule has 3 aromatic heterocycles. The third-order valence-electron chi connectivity index (χ3n) is 3.17. The summed E-state index contributed by atoms with van der Waals surface area (Å²) in [6.07, 6.45) is 3.68. The minimum Gasteiger partial charge on any atom is -0.311 e. The van der Waals surface area contributed by atoms with Crippen molar-refractivity contribution in [2.75, 3.05) is 11.1 Å². The predicted octanol–water partition coefficient (Wildman–Crippen LogP) is 3.82. The minimum absolute atomic E-state index is 0.0394. The number of hydrogen-bond acceptors (Lipinski definition) is 6. The lowest BCUT2D eigenvalue weighted by Gasteiger charge is -2.05. The molecule has 118 valence electrons. The Morgan fingerprint density at radius 3 is 2.96 bits per heavy atom.